The number of oxime groups is 1. The van der Waals surface area contributed by atoms with Crippen molar-refractivity contribution in [1.82, 2.24) is 15.2 Å². The molecule has 3 heterocycles. The van der Waals surface area contributed by atoms with Gasteiger partial charge in [0, 0.05) is 11.1 Å². The number of β-lactam (4-membered cyclic amide) rings is 1. The summed E-state index contributed by atoms with van der Waals surface area (Å²) in [5.74, 6) is -2.06. The molecule has 0 unspecified atom stereocenters. The molecule has 0 aliphatic carbocycles. The molecule has 0 spiro atoms. The number of fused-ring (bicyclic) bond motifs is 1. The summed E-state index contributed by atoms with van der Waals surface area (Å²) >= 11 is 2.47. The van der Waals surface area contributed by atoms with Gasteiger partial charge in [0.05, 0.1) is 6.61 Å². The molecule has 2 aliphatic rings. The number of aliphatic hydroxyl groups is 1. The highest BCUT2D eigenvalue weighted by atomic mass is 32.2. The van der Waals surface area contributed by atoms with Gasteiger partial charge in [0.1, 0.15) is 29.9 Å². The van der Waals surface area contributed by atoms with Gasteiger partial charge in [-0.2, -0.15) is 0 Å². The van der Waals surface area contributed by atoms with Crippen molar-refractivity contribution in [2.75, 3.05) is 25.2 Å². The summed E-state index contributed by atoms with van der Waals surface area (Å²) in [5, 5.41) is 25.9. The minimum Gasteiger partial charge on any atom is -0.477 e. The number of thiazole rings is 1. The van der Waals surface area contributed by atoms with Crippen molar-refractivity contribution in [2.45, 2.75) is 17.8 Å². The molecule has 11 nitrogen and oxygen atoms in total. The van der Waals surface area contributed by atoms with Crippen LogP contribution in [-0.2, 0) is 19.2 Å². The monoisotopic (exact) mass is 453 g/mol. The molecule has 160 valence electrons. The number of nitrogen functional groups attached to an aromatic ring is 1. The van der Waals surface area contributed by atoms with E-state index in [2.05, 4.69) is 15.5 Å². The number of aliphatic hydroxyl groups excluding tert-OH is 1. The maximum Gasteiger partial charge on any atom is 0.352 e. The summed E-state index contributed by atoms with van der Waals surface area (Å²) in [6.07, 6.45) is 3.46. The van der Waals surface area contributed by atoms with Gasteiger partial charge in [-0.05, 0) is 12.0 Å². The lowest BCUT2D eigenvalue weighted by molar-refractivity contribution is -0.150. The summed E-state index contributed by atoms with van der Waals surface area (Å²) in [7, 11) is 1.27. The van der Waals surface area contributed by atoms with E-state index in [1.165, 1.54) is 35.2 Å². The molecule has 2 atom stereocenters. The Hall–Kier alpha value is -2.90. The number of hydrogen-bond acceptors (Lipinski definition) is 10. The van der Waals surface area contributed by atoms with Crippen LogP contribution in [0.15, 0.2) is 34.0 Å². The predicted molar refractivity (Wildman–Crippen MR) is 111 cm³/mol. The van der Waals surface area contributed by atoms with E-state index < -0.39 is 29.2 Å². The molecule has 3 rings (SSSR count). The molecular formula is C17H19N5O6S2. The normalized spacial score (nSPS) is 21.5. The van der Waals surface area contributed by atoms with E-state index in [-0.39, 0.29) is 28.8 Å². The average Bonchev–Trinajstić information content (AvgIpc) is 3.15. The minimum atomic E-state index is -1.22. The highest BCUT2D eigenvalue weighted by Crippen LogP contribution is 2.41. The highest BCUT2D eigenvalue weighted by molar-refractivity contribution is 8.00. The van der Waals surface area contributed by atoms with Crippen molar-refractivity contribution in [3.63, 3.8) is 0 Å². The molecule has 30 heavy (non-hydrogen) atoms. The molecule has 13 heteroatoms. The van der Waals surface area contributed by atoms with Gasteiger partial charge in [-0.3, -0.25) is 14.5 Å². The zero-order chi connectivity index (χ0) is 21.8. The number of aromatic nitrogens is 1. The van der Waals surface area contributed by atoms with Gasteiger partial charge in [-0.1, -0.05) is 17.3 Å². The van der Waals surface area contributed by atoms with Crippen LogP contribution in [-0.4, -0.2) is 74.5 Å². The van der Waals surface area contributed by atoms with Crippen molar-refractivity contribution in [2.24, 2.45) is 5.16 Å². The van der Waals surface area contributed by atoms with Gasteiger partial charge in [-0.15, -0.1) is 23.1 Å². The third-order valence-corrected chi connectivity index (χ3v) is 6.35. The molecule has 1 saturated heterocycles. The van der Waals surface area contributed by atoms with Gasteiger partial charge in [0.2, 0.25) is 0 Å². The number of rotatable bonds is 8. The quantitative estimate of drug-likeness (QED) is 0.180. The fourth-order valence-electron chi connectivity index (χ4n) is 3.04. The lowest BCUT2D eigenvalue weighted by atomic mass is 10.0. The topological polar surface area (TPSA) is 167 Å². The van der Waals surface area contributed by atoms with E-state index in [9.17, 15) is 19.5 Å². The Balaban J connectivity index is 1.77. The first-order valence-electron chi connectivity index (χ1n) is 8.68. The second-order valence-corrected chi connectivity index (χ2v) is 8.16. The Morgan fingerprint density at radius 3 is 2.87 bits per heavy atom. The number of carbonyl (C=O) groups is 3. The molecule has 2 amide bonds. The largest absolute Gasteiger partial charge is 0.477 e. The first-order valence-corrected chi connectivity index (χ1v) is 10.6. The molecular weight excluding hydrogens is 434 g/mol. The molecule has 0 saturated carbocycles. The molecule has 0 aromatic carbocycles. The van der Waals surface area contributed by atoms with Crippen LogP contribution in [0.4, 0.5) is 5.13 Å². The number of aliphatic carboxylic acids is 1. The summed E-state index contributed by atoms with van der Waals surface area (Å²) in [6.45, 7) is -0.155. The molecule has 5 N–H and O–H groups in total. The zero-order valence-corrected chi connectivity index (χ0v) is 17.4. The average molecular weight is 454 g/mol. The number of carbonyl (C=O) groups excluding carboxylic acids is 2. The van der Waals surface area contributed by atoms with Crippen LogP contribution in [0, 0.1) is 0 Å². The molecule has 1 fully saturated rings. The second-order valence-electron chi connectivity index (χ2n) is 6.17. The van der Waals surface area contributed by atoms with Crippen molar-refractivity contribution in [3.8, 4) is 0 Å². The van der Waals surface area contributed by atoms with Crippen molar-refractivity contribution < 1.29 is 29.4 Å². The lowest BCUT2D eigenvalue weighted by Crippen LogP contribution is -2.71. The van der Waals surface area contributed by atoms with Crippen LogP contribution in [0.2, 0.25) is 0 Å². The third-order valence-electron chi connectivity index (χ3n) is 4.33. The van der Waals surface area contributed by atoms with Crippen molar-refractivity contribution in [3.05, 3.63) is 34.5 Å². The fourth-order valence-corrected chi connectivity index (χ4v) is 4.95. The zero-order valence-electron chi connectivity index (χ0n) is 15.8. The predicted octanol–water partition coefficient (Wildman–Crippen LogP) is -0.247. The van der Waals surface area contributed by atoms with Gasteiger partial charge in [-0.25, -0.2) is 9.78 Å². The Morgan fingerprint density at radius 2 is 2.27 bits per heavy atom. The summed E-state index contributed by atoms with van der Waals surface area (Å²) in [6, 6.07) is -0.913. The number of nitrogens with one attached hydrogen (secondary N) is 1. The maximum atomic E-state index is 12.7. The van der Waals surface area contributed by atoms with Gasteiger partial charge in [0.15, 0.2) is 10.8 Å². The number of carboxylic acids is 1. The number of nitrogens with two attached hydrogens (primary N) is 1. The van der Waals surface area contributed by atoms with Crippen LogP contribution in [0.3, 0.4) is 0 Å². The standard InChI is InChI=1S/C17H19N5O6S2/c1-28-21-10(9-7-30-17(18)19-9)13(24)20-11-14(25)22-12(16(26)27)8(4-2-3-5-23)6-29-15(11)22/h2-3,7,11,15,23H,4-6H2,1H3,(H2,18,19)(H,20,24)(H,26,27)/b3-2+,21-10+/t11-,15-/m1/s1. The summed E-state index contributed by atoms with van der Waals surface area (Å²) < 4.78 is 0. The highest BCUT2D eigenvalue weighted by Gasteiger charge is 2.54. The van der Waals surface area contributed by atoms with E-state index in [1.807, 2.05) is 0 Å². The van der Waals surface area contributed by atoms with E-state index in [1.54, 1.807) is 6.08 Å². The molecule has 1 aromatic rings. The van der Waals surface area contributed by atoms with Crippen LogP contribution in [0.1, 0.15) is 12.1 Å². The van der Waals surface area contributed by atoms with Crippen molar-refractivity contribution >= 4 is 51.7 Å². The lowest BCUT2D eigenvalue weighted by Gasteiger charge is -2.49. The number of anilines is 1. The van der Waals surface area contributed by atoms with Crippen LogP contribution >= 0.6 is 23.1 Å². The minimum absolute atomic E-state index is 0.0881. The van der Waals surface area contributed by atoms with E-state index in [0.717, 1.165) is 11.3 Å². The van der Waals surface area contributed by atoms with E-state index >= 15 is 0 Å². The Kier molecular flexibility index (Phi) is 6.74. The molecule has 0 bridgehead atoms. The van der Waals surface area contributed by atoms with Crippen LogP contribution in [0.25, 0.3) is 0 Å². The SMILES string of the molecule is CO/N=C(/C(=O)N[C@@H]1C(=O)N2C(C(=O)O)=C(C/C=C/CO)CS[C@H]12)c1csc(N)n1. The number of thioether (sulfide) groups is 1. The van der Waals surface area contributed by atoms with Crippen LogP contribution < -0.4 is 11.1 Å². The van der Waals surface area contributed by atoms with Gasteiger partial charge >= 0.3 is 5.97 Å². The first-order chi connectivity index (χ1) is 14.4. The Bertz CT molecular complexity index is 956. The number of allylic oxidation sites excluding steroid dienone is 1. The van der Waals surface area contributed by atoms with Crippen LogP contribution in [0.5, 0.6) is 0 Å². The Labute approximate surface area is 179 Å². The van der Waals surface area contributed by atoms with E-state index in [4.69, 9.17) is 15.7 Å². The fraction of sp³-hybridized carbons (Fsp3) is 0.353. The number of hydrogen-bond donors (Lipinski definition) is 4. The Morgan fingerprint density at radius 1 is 1.50 bits per heavy atom. The number of carboxylic acid groups (broad SMARTS) is 1. The summed E-state index contributed by atoms with van der Waals surface area (Å²) in [4.78, 5) is 47.0. The molecule has 1 aromatic heterocycles. The summed E-state index contributed by atoms with van der Waals surface area (Å²) in [5.41, 5.74) is 6.14. The number of amides is 2. The smallest absolute Gasteiger partial charge is 0.352 e. The van der Waals surface area contributed by atoms with E-state index in [0.29, 0.717) is 17.7 Å². The van der Waals surface area contributed by atoms with Crippen molar-refractivity contribution in [1.29, 1.82) is 0 Å². The van der Waals surface area contributed by atoms with Gasteiger partial charge in [0.25, 0.3) is 11.8 Å². The van der Waals surface area contributed by atoms with Gasteiger partial charge < -0.3 is 26.1 Å². The number of nitrogens with zero attached hydrogens (tertiary/aromatic N) is 3. The second kappa shape index (κ2) is 9.28. The third kappa shape index (κ3) is 4.17. The molecule has 2 aliphatic heterocycles. The molecule has 0 radical (unpaired) electrons. The first kappa shape index (κ1) is 21.8. The maximum absolute atomic E-state index is 12.7.